The minimum Gasteiger partial charge on any atom is -0.493 e. The Bertz CT molecular complexity index is 1200. The number of amides is 1. The number of ether oxygens (including phenoxy) is 2. The number of nitro benzene ring substituents is 1. The van der Waals surface area contributed by atoms with Crippen LogP contribution in [-0.2, 0) is 9.84 Å². The monoisotopic (exact) mass is 516 g/mol. The molecule has 0 saturated carbocycles. The van der Waals surface area contributed by atoms with Crippen molar-refractivity contribution in [2.45, 2.75) is 30.5 Å². The van der Waals surface area contributed by atoms with Gasteiger partial charge in [0.05, 0.1) is 22.0 Å². The van der Waals surface area contributed by atoms with Crippen molar-refractivity contribution in [1.82, 2.24) is 4.90 Å². The molecule has 1 fully saturated rings. The number of hydrogen-bond donors (Lipinski definition) is 0. The number of hydrogen-bond acceptors (Lipinski definition) is 7. The summed E-state index contributed by atoms with van der Waals surface area (Å²) in [5.74, 6) is -0.709. The van der Waals surface area contributed by atoms with Gasteiger partial charge >= 0.3 is 6.18 Å². The summed E-state index contributed by atoms with van der Waals surface area (Å²) >= 11 is 0. The highest BCUT2D eigenvalue weighted by molar-refractivity contribution is 7.90. The predicted molar refractivity (Wildman–Crippen MR) is 118 cm³/mol. The minimum atomic E-state index is -4.68. The minimum absolute atomic E-state index is 0.0795. The van der Waals surface area contributed by atoms with Gasteiger partial charge in [0.15, 0.2) is 15.9 Å². The fourth-order valence-electron chi connectivity index (χ4n) is 3.47. The second-order valence-corrected chi connectivity index (χ2v) is 10.2. The Morgan fingerprint density at radius 1 is 1.23 bits per heavy atom. The number of nitrogens with zero attached hydrogens (tertiary/aromatic N) is 2. The Morgan fingerprint density at radius 3 is 2.46 bits per heavy atom. The maximum absolute atomic E-state index is 13.2. The van der Waals surface area contributed by atoms with Gasteiger partial charge in [-0.2, -0.15) is 13.2 Å². The first-order chi connectivity index (χ1) is 16.3. The van der Waals surface area contributed by atoms with Crippen molar-refractivity contribution in [3.8, 4) is 11.5 Å². The molecule has 0 bridgehead atoms. The fraction of sp³-hybridized carbons (Fsp3) is 0.409. The molecule has 190 valence electrons. The van der Waals surface area contributed by atoms with Crippen LogP contribution in [0.1, 0.15) is 23.7 Å². The third-order valence-corrected chi connectivity index (χ3v) is 6.59. The average molecular weight is 516 g/mol. The first-order valence-electron chi connectivity index (χ1n) is 10.5. The molecule has 2 unspecified atom stereocenters. The highest BCUT2D eigenvalue weighted by atomic mass is 32.2. The number of rotatable bonds is 8. The molecular weight excluding hydrogens is 493 g/mol. The van der Waals surface area contributed by atoms with Gasteiger partial charge in [-0.05, 0) is 43.7 Å². The normalized spacial score (nSPS) is 17.2. The average Bonchev–Trinajstić information content (AvgIpc) is 3.25. The molecule has 2 aromatic carbocycles. The molecule has 2 atom stereocenters. The van der Waals surface area contributed by atoms with E-state index in [1.165, 1.54) is 29.2 Å². The Kier molecular flexibility index (Phi) is 7.58. The number of benzene rings is 2. The summed E-state index contributed by atoms with van der Waals surface area (Å²) in [5, 5.41) is 10.7. The summed E-state index contributed by atoms with van der Waals surface area (Å²) in [6.07, 6.45) is -5.42. The van der Waals surface area contributed by atoms with Crippen LogP contribution in [0, 0.1) is 16.0 Å². The molecule has 35 heavy (non-hydrogen) atoms. The zero-order valence-corrected chi connectivity index (χ0v) is 19.6. The summed E-state index contributed by atoms with van der Waals surface area (Å²) < 4.78 is 73.6. The van der Waals surface area contributed by atoms with Crippen LogP contribution in [-0.4, -0.2) is 62.4 Å². The van der Waals surface area contributed by atoms with Crippen molar-refractivity contribution in [1.29, 1.82) is 0 Å². The van der Waals surface area contributed by atoms with Crippen LogP contribution in [0.5, 0.6) is 11.5 Å². The number of sulfone groups is 1. The van der Waals surface area contributed by atoms with Crippen LogP contribution in [0.4, 0.5) is 18.9 Å². The SMILES string of the molecule is CC(Oc1ccc(S(C)(=O)=O)cc1C(=O)N1CCC(COc2ccc([N+](=O)[O-])cc2)C1)C(F)(F)F. The van der Waals surface area contributed by atoms with Crippen LogP contribution in [0.2, 0.25) is 0 Å². The van der Waals surface area contributed by atoms with Gasteiger partial charge in [0.1, 0.15) is 11.5 Å². The number of non-ortho nitro benzene ring substituents is 1. The van der Waals surface area contributed by atoms with Crippen molar-refractivity contribution in [2.75, 3.05) is 26.0 Å². The Hall–Kier alpha value is -3.35. The number of carbonyl (C=O) groups excluding carboxylic acids is 1. The summed E-state index contributed by atoms with van der Waals surface area (Å²) in [6.45, 7) is 1.51. The lowest BCUT2D eigenvalue weighted by Gasteiger charge is -2.22. The van der Waals surface area contributed by atoms with Gasteiger partial charge in [-0.3, -0.25) is 14.9 Å². The van der Waals surface area contributed by atoms with E-state index in [9.17, 15) is 36.5 Å². The molecule has 0 aliphatic carbocycles. The number of halogens is 3. The number of carbonyl (C=O) groups is 1. The van der Waals surface area contributed by atoms with Crippen molar-refractivity contribution in [3.05, 3.63) is 58.1 Å². The van der Waals surface area contributed by atoms with Gasteiger partial charge in [-0.15, -0.1) is 0 Å². The molecule has 0 aromatic heterocycles. The molecule has 3 rings (SSSR count). The number of alkyl halides is 3. The number of likely N-dealkylation sites (tertiary alicyclic amines) is 1. The number of nitro groups is 1. The van der Waals surface area contributed by atoms with Crippen molar-refractivity contribution < 1.29 is 40.8 Å². The molecule has 1 amide bonds. The molecule has 1 aliphatic heterocycles. The van der Waals surface area contributed by atoms with Gasteiger partial charge in [0, 0.05) is 37.4 Å². The molecule has 1 heterocycles. The molecule has 9 nitrogen and oxygen atoms in total. The van der Waals surface area contributed by atoms with Gasteiger partial charge < -0.3 is 14.4 Å². The van der Waals surface area contributed by atoms with Crippen LogP contribution >= 0.6 is 0 Å². The Balaban J connectivity index is 1.73. The van der Waals surface area contributed by atoms with Crippen molar-refractivity contribution in [2.24, 2.45) is 5.92 Å². The van der Waals surface area contributed by atoms with Crippen LogP contribution in [0.15, 0.2) is 47.4 Å². The van der Waals surface area contributed by atoms with E-state index < -0.39 is 32.9 Å². The summed E-state index contributed by atoms with van der Waals surface area (Å²) in [7, 11) is -3.73. The summed E-state index contributed by atoms with van der Waals surface area (Å²) in [4.78, 5) is 24.5. The molecular formula is C22H23F3N2O7S. The van der Waals surface area contributed by atoms with Crippen LogP contribution in [0.3, 0.4) is 0 Å². The second-order valence-electron chi connectivity index (χ2n) is 8.20. The van der Waals surface area contributed by atoms with Crippen molar-refractivity contribution in [3.63, 3.8) is 0 Å². The predicted octanol–water partition coefficient (Wildman–Crippen LogP) is 3.87. The molecule has 2 aromatic rings. The van der Waals surface area contributed by atoms with E-state index in [-0.39, 0.29) is 47.5 Å². The summed E-state index contributed by atoms with van der Waals surface area (Å²) in [6, 6.07) is 8.69. The third-order valence-electron chi connectivity index (χ3n) is 5.48. The van der Waals surface area contributed by atoms with Gasteiger partial charge in [0.2, 0.25) is 0 Å². The van der Waals surface area contributed by atoms with E-state index in [1.807, 2.05) is 0 Å². The van der Waals surface area contributed by atoms with E-state index in [0.717, 1.165) is 31.4 Å². The van der Waals surface area contributed by atoms with E-state index in [2.05, 4.69) is 0 Å². The Morgan fingerprint density at radius 2 is 1.89 bits per heavy atom. The Labute approximate surface area is 199 Å². The van der Waals surface area contributed by atoms with E-state index in [1.54, 1.807) is 0 Å². The molecule has 13 heteroatoms. The largest absolute Gasteiger partial charge is 0.493 e. The summed E-state index contributed by atoms with van der Waals surface area (Å²) in [5.41, 5.74) is -0.356. The quantitative estimate of drug-likeness (QED) is 0.386. The van der Waals surface area contributed by atoms with Gasteiger partial charge in [-0.1, -0.05) is 0 Å². The molecule has 0 spiro atoms. The molecule has 1 aliphatic rings. The lowest BCUT2D eigenvalue weighted by molar-refractivity contribution is -0.384. The lowest BCUT2D eigenvalue weighted by Crippen LogP contribution is -2.33. The highest BCUT2D eigenvalue weighted by Gasteiger charge is 2.39. The van der Waals surface area contributed by atoms with E-state index in [4.69, 9.17) is 9.47 Å². The fourth-order valence-corrected chi connectivity index (χ4v) is 4.12. The van der Waals surface area contributed by atoms with E-state index >= 15 is 0 Å². The third kappa shape index (κ3) is 6.62. The van der Waals surface area contributed by atoms with Crippen LogP contribution < -0.4 is 9.47 Å². The topological polar surface area (TPSA) is 116 Å². The maximum Gasteiger partial charge on any atom is 0.425 e. The lowest BCUT2D eigenvalue weighted by atomic mass is 10.1. The van der Waals surface area contributed by atoms with Gasteiger partial charge in [0.25, 0.3) is 11.6 Å². The van der Waals surface area contributed by atoms with Crippen LogP contribution in [0.25, 0.3) is 0 Å². The smallest absolute Gasteiger partial charge is 0.425 e. The van der Waals surface area contributed by atoms with Gasteiger partial charge in [-0.25, -0.2) is 8.42 Å². The second kappa shape index (κ2) is 10.1. The zero-order valence-electron chi connectivity index (χ0n) is 18.8. The molecule has 0 N–H and O–H groups in total. The zero-order chi connectivity index (χ0) is 26.0. The van der Waals surface area contributed by atoms with Crippen molar-refractivity contribution >= 4 is 21.4 Å². The first kappa shape index (κ1) is 26.3. The maximum atomic E-state index is 13.2. The molecule has 0 radical (unpaired) electrons. The standard InChI is InChI=1S/C22H23F3N2O7S/c1-14(22(23,24)25)34-20-8-7-18(35(2,31)32)11-19(20)21(28)26-10-9-15(12-26)13-33-17-5-3-16(4-6-17)27(29)30/h3-8,11,14-15H,9-10,12-13H2,1-2H3. The molecule has 1 saturated heterocycles. The van der Waals surface area contributed by atoms with E-state index in [0.29, 0.717) is 12.2 Å². The first-order valence-corrected chi connectivity index (χ1v) is 12.4. The highest BCUT2D eigenvalue weighted by Crippen LogP contribution is 2.31.